The SMILES string of the molecule is Cc1nc2c(C(=O)NCc3ccccc3C(F)(F)F)cc(Br)cc2o1. The molecule has 3 rings (SSSR count). The summed E-state index contributed by atoms with van der Waals surface area (Å²) in [6, 6.07) is 8.35. The van der Waals surface area contributed by atoms with Gasteiger partial charge in [-0.1, -0.05) is 34.1 Å². The number of rotatable bonds is 3. The second-order valence-corrected chi connectivity index (χ2v) is 6.29. The summed E-state index contributed by atoms with van der Waals surface area (Å²) in [5.74, 6) is -0.138. The molecular formula is C17H12BrF3N2O2. The molecule has 0 fully saturated rings. The van der Waals surface area contributed by atoms with Crippen LogP contribution in [0.5, 0.6) is 0 Å². The van der Waals surface area contributed by atoms with Crippen LogP contribution in [0.25, 0.3) is 11.1 Å². The minimum atomic E-state index is -4.48. The number of benzene rings is 2. The molecule has 130 valence electrons. The summed E-state index contributed by atoms with van der Waals surface area (Å²) in [5.41, 5.74) is 0.235. The van der Waals surface area contributed by atoms with Crippen LogP contribution in [0.15, 0.2) is 45.3 Å². The Hall–Kier alpha value is -2.35. The molecule has 0 radical (unpaired) electrons. The molecule has 0 unspecified atom stereocenters. The number of amides is 1. The highest BCUT2D eigenvalue weighted by Gasteiger charge is 2.32. The zero-order valence-electron chi connectivity index (χ0n) is 12.9. The maximum Gasteiger partial charge on any atom is 0.416 e. The summed E-state index contributed by atoms with van der Waals surface area (Å²) in [6.45, 7) is 1.40. The fourth-order valence-corrected chi connectivity index (χ4v) is 2.94. The first-order valence-corrected chi connectivity index (χ1v) is 8.05. The Morgan fingerprint density at radius 1 is 1.28 bits per heavy atom. The van der Waals surface area contributed by atoms with Crippen LogP contribution in [0.1, 0.15) is 27.4 Å². The Balaban J connectivity index is 1.88. The van der Waals surface area contributed by atoms with Gasteiger partial charge in [-0.2, -0.15) is 13.2 Å². The lowest BCUT2D eigenvalue weighted by Gasteiger charge is -2.13. The summed E-state index contributed by atoms with van der Waals surface area (Å²) in [7, 11) is 0. The fraction of sp³-hybridized carbons (Fsp3) is 0.176. The van der Waals surface area contributed by atoms with E-state index in [4.69, 9.17) is 4.42 Å². The van der Waals surface area contributed by atoms with E-state index in [2.05, 4.69) is 26.2 Å². The molecule has 0 saturated heterocycles. The quantitative estimate of drug-likeness (QED) is 0.668. The van der Waals surface area contributed by atoms with Crippen LogP contribution in [0.4, 0.5) is 13.2 Å². The molecule has 0 atom stereocenters. The second-order valence-electron chi connectivity index (χ2n) is 5.37. The van der Waals surface area contributed by atoms with Gasteiger partial charge in [-0.05, 0) is 23.8 Å². The van der Waals surface area contributed by atoms with E-state index >= 15 is 0 Å². The summed E-state index contributed by atoms with van der Waals surface area (Å²) in [4.78, 5) is 16.6. The lowest BCUT2D eigenvalue weighted by molar-refractivity contribution is -0.138. The van der Waals surface area contributed by atoms with Crippen LogP contribution in [0.3, 0.4) is 0 Å². The van der Waals surface area contributed by atoms with Crippen LogP contribution < -0.4 is 5.32 Å². The Bertz CT molecular complexity index is 951. The van der Waals surface area contributed by atoms with Crippen LogP contribution >= 0.6 is 15.9 Å². The van der Waals surface area contributed by atoms with Gasteiger partial charge in [0.15, 0.2) is 11.5 Å². The highest BCUT2D eigenvalue weighted by Crippen LogP contribution is 2.32. The summed E-state index contributed by atoms with van der Waals surface area (Å²) < 4.78 is 45.1. The lowest BCUT2D eigenvalue weighted by atomic mass is 10.1. The molecule has 1 N–H and O–H groups in total. The van der Waals surface area contributed by atoms with Gasteiger partial charge in [0.1, 0.15) is 5.52 Å². The van der Waals surface area contributed by atoms with E-state index in [1.165, 1.54) is 18.2 Å². The zero-order valence-corrected chi connectivity index (χ0v) is 14.5. The normalized spacial score (nSPS) is 11.7. The number of hydrogen-bond donors (Lipinski definition) is 1. The number of halogens is 4. The first-order chi connectivity index (χ1) is 11.8. The number of aromatic nitrogens is 1. The monoisotopic (exact) mass is 412 g/mol. The number of nitrogens with zero attached hydrogens (tertiary/aromatic N) is 1. The molecule has 1 aromatic heterocycles. The molecule has 0 saturated carbocycles. The van der Waals surface area contributed by atoms with Crippen molar-refractivity contribution in [3.63, 3.8) is 0 Å². The number of aryl methyl sites for hydroxylation is 1. The molecule has 1 heterocycles. The number of carbonyl (C=O) groups is 1. The van der Waals surface area contributed by atoms with Crippen LogP contribution in [0, 0.1) is 6.92 Å². The van der Waals surface area contributed by atoms with Crippen LogP contribution in [0.2, 0.25) is 0 Å². The van der Waals surface area contributed by atoms with Crippen molar-refractivity contribution in [3.05, 3.63) is 63.5 Å². The van der Waals surface area contributed by atoms with Crippen molar-refractivity contribution < 1.29 is 22.4 Å². The Morgan fingerprint density at radius 3 is 2.72 bits per heavy atom. The van der Waals surface area contributed by atoms with E-state index in [-0.39, 0.29) is 17.7 Å². The highest BCUT2D eigenvalue weighted by atomic mass is 79.9. The van der Waals surface area contributed by atoms with Crippen molar-refractivity contribution in [2.45, 2.75) is 19.6 Å². The molecule has 0 aliphatic carbocycles. The summed E-state index contributed by atoms with van der Waals surface area (Å²) >= 11 is 3.28. The molecule has 3 aromatic rings. The van der Waals surface area contributed by atoms with Crippen LogP contribution in [-0.2, 0) is 12.7 Å². The van der Waals surface area contributed by atoms with Crippen molar-refractivity contribution >= 4 is 32.9 Å². The Morgan fingerprint density at radius 2 is 2.00 bits per heavy atom. The molecule has 1 amide bonds. The van der Waals surface area contributed by atoms with Crippen molar-refractivity contribution in [1.29, 1.82) is 0 Å². The van der Waals surface area contributed by atoms with Gasteiger partial charge in [0.05, 0.1) is 11.1 Å². The van der Waals surface area contributed by atoms with Gasteiger partial charge in [-0.25, -0.2) is 4.98 Å². The van der Waals surface area contributed by atoms with Gasteiger partial charge < -0.3 is 9.73 Å². The standard InChI is InChI=1S/C17H12BrF3N2O2/c1-9-23-15-12(6-11(18)7-14(15)25-9)16(24)22-8-10-4-2-3-5-13(10)17(19,20)21/h2-7H,8H2,1H3,(H,22,24). The zero-order chi connectivity index (χ0) is 18.2. The molecule has 4 nitrogen and oxygen atoms in total. The van der Waals surface area contributed by atoms with Gasteiger partial charge in [0.25, 0.3) is 5.91 Å². The third kappa shape index (κ3) is 3.68. The van der Waals surface area contributed by atoms with Gasteiger partial charge in [0.2, 0.25) is 0 Å². The van der Waals surface area contributed by atoms with E-state index in [1.54, 1.807) is 19.1 Å². The molecule has 0 bridgehead atoms. The average molecular weight is 413 g/mol. The number of carbonyl (C=O) groups excluding carboxylic acids is 1. The molecule has 8 heteroatoms. The maximum absolute atomic E-state index is 13.0. The van der Waals surface area contributed by atoms with E-state index in [9.17, 15) is 18.0 Å². The first-order valence-electron chi connectivity index (χ1n) is 7.25. The number of hydrogen-bond acceptors (Lipinski definition) is 3. The topological polar surface area (TPSA) is 55.1 Å². The van der Waals surface area contributed by atoms with Crippen molar-refractivity contribution in [2.24, 2.45) is 0 Å². The highest BCUT2D eigenvalue weighted by molar-refractivity contribution is 9.10. The Labute approximate surface area is 149 Å². The van der Waals surface area contributed by atoms with E-state index in [0.717, 1.165) is 6.07 Å². The third-order valence-electron chi connectivity index (χ3n) is 3.57. The summed E-state index contributed by atoms with van der Waals surface area (Å²) in [6.07, 6.45) is -4.48. The second kappa shape index (κ2) is 6.51. The van der Waals surface area contributed by atoms with E-state index in [0.29, 0.717) is 21.5 Å². The molecule has 0 spiro atoms. The molecule has 2 aromatic carbocycles. The number of alkyl halides is 3. The summed E-state index contributed by atoms with van der Waals surface area (Å²) in [5, 5.41) is 2.51. The Kier molecular flexibility index (Phi) is 4.55. The fourth-order valence-electron chi connectivity index (χ4n) is 2.50. The largest absolute Gasteiger partial charge is 0.441 e. The minimum absolute atomic E-state index is 0.00840. The maximum atomic E-state index is 13.0. The van der Waals surface area contributed by atoms with E-state index in [1.807, 2.05) is 0 Å². The predicted molar refractivity (Wildman–Crippen MR) is 89.1 cm³/mol. The molecular weight excluding hydrogens is 401 g/mol. The van der Waals surface area contributed by atoms with Gasteiger partial charge in [-0.3, -0.25) is 4.79 Å². The molecule has 0 aliphatic rings. The molecule has 0 aliphatic heterocycles. The van der Waals surface area contributed by atoms with Crippen molar-refractivity contribution in [2.75, 3.05) is 0 Å². The number of fused-ring (bicyclic) bond motifs is 1. The lowest BCUT2D eigenvalue weighted by Crippen LogP contribution is -2.24. The van der Waals surface area contributed by atoms with E-state index < -0.39 is 17.6 Å². The minimum Gasteiger partial charge on any atom is -0.441 e. The predicted octanol–water partition coefficient (Wildman–Crippen LogP) is 4.85. The van der Waals surface area contributed by atoms with Crippen molar-refractivity contribution in [1.82, 2.24) is 10.3 Å². The van der Waals surface area contributed by atoms with Crippen molar-refractivity contribution in [3.8, 4) is 0 Å². The van der Waals surface area contributed by atoms with Gasteiger partial charge >= 0.3 is 6.18 Å². The smallest absolute Gasteiger partial charge is 0.416 e. The number of nitrogens with one attached hydrogen (secondary N) is 1. The average Bonchev–Trinajstić information content (AvgIpc) is 2.91. The first kappa shape index (κ1) is 17.5. The third-order valence-corrected chi connectivity index (χ3v) is 4.03. The molecule has 25 heavy (non-hydrogen) atoms. The number of oxazole rings is 1. The van der Waals surface area contributed by atoms with Crippen LogP contribution in [-0.4, -0.2) is 10.9 Å². The van der Waals surface area contributed by atoms with Gasteiger partial charge in [-0.15, -0.1) is 0 Å². The van der Waals surface area contributed by atoms with Gasteiger partial charge in [0, 0.05) is 17.9 Å².